The van der Waals surface area contributed by atoms with Crippen molar-refractivity contribution >= 4 is 53.4 Å². The van der Waals surface area contributed by atoms with Crippen LogP contribution in [0.1, 0.15) is 0 Å². The monoisotopic (exact) mass is 656 g/mol. The van der Waals surface area contributed by atoms with Crippen LogP contribution in [0.25, 0.3) is 98.3 Å². The summed E-state index contributed by atoms with van der Waals surface area (Å²) in [6, 6.07) is 59.5. The first-order valence-electron chi connectivity index (χ1n) is 16.7. The second-order valence-electron chi connectivity index (χ2n) is 12.5. The van der Waals surface area contributed by atoms with E-state index in [1.807, 2.05) is 47.7 Å². The Morgan fingerprint density at radius 1 is 0.400 bits per heavy atom. The Labute approximate surface area is 292 Å². The Kier molecular flexibility index (Phi) is 6.68. The van der Waals surface area contributed by atoms with Gasteiger partial charge in [0.2, 0.25) is 0 Å². The maximum atomic E-state index is 6.74. The Morgan fingerprint density at radius 2 is 1.00 bits per heavy atom. The van der Waals surface area contributed by atoms with Crippen molar-refractivity contribution in [1.29, 1.82) is 0 Å². The van der Waals surface area contributed by atoms with E-state index >= 15 is 0 Å². The quantitative estimate of drug-likeness (QED) is 0.185. The standard InChI is InChI=1S/C46H28N2OS/c1-3-11-29(12-4-1)30-19-21-32(22-20-30)46-47-39(31-13-5-2-6-14-31)28-40(48-46)36-25-24-34(44-37-16-7-9-17-41(37)49-45(36)44)33-23-26-43-38(27-33)35-15-8-10-18-42(35)50-43/h1-28H. The molecule has 0 N–H and O–H groups in total. The second-order valence-corrected chi connectivity index (χ2v) is 13.6. The molecule has 0 amide bonds. The second kappa shape index (κ2) is 11.7. The molecule has 0 aliphatic rings. The van der Waals surface area contributed by atoms with Gasteiger partial charge in [-0.05, 0) is 58.7 Å². The molecule has 50 heavy (non-hydrogen) atoms. The molecule has 0 spiro atoms. The van der Waals surface area contributed by atoms with E-state index in [4.69, 9.17) is 14.4 Å². The zero-order valence-corrected chi connectivity index (χ0v) is 27.7. The lowest BCUT2D eigenvalue weighted by molar-refractivity contribution is 0.670. The molecular formula is C46H28N2OS. The molecule has 3 heterocycles. The summed E-state index contributed by atoms with van der Waals surface area (Å²) in [6.07, 6.45) is 0. The molecular weight excluding hydrogens is 629 g/mol. The number of hydrogen-bond donors (Lipinski definition) is 0. The van der Waals surface area contributed by atoms with Crippen LogP contribution in [0.5, 0.6) is 0 Å². The van der Waals surface area contributed by atoms with E-state index in [-0.39, 0.29) is 0 Å². The summed E-state index contributed by atoms with van der Waals surface area (Å²) in [5.74, 6) is 0.670. The highest BCUT2D eigenvalue weighted by molar-refractivity contribution is 7.25. The zero-order valence-electron chi connectivity index (χ0n) is 26.9. The molecule has 7 aromatic carbocycles. The van der Waals surface area contributed by atoms with E-state index in [2.05, 4.69) is 133 Å². The topological polar surface area (TPSA) is 38.9 Å². The summed E-state index contributed by atoms with van der Waals surface area (Å²) in [7, 11) is 0. The predicted octanol–water partition coefficient (Wildman–Crippen LogP) is 13.1. The van der Waals surface area contributed by atoms with Crippen LogP contribution < -0.4 is 0 Å². The van der Waals surface area contributed by atoms with Crippen molar-refractivity contribution in [3.8, 4) is 56.2 Å². The summed E-state index contributed by atoms with van der Waals surface area (Å²) < 4.78 is 9.33. The number of rotatable bonds is 5. The van der Waals surface area contributed by atoms with E-state index < -0.39 is 0 Å². The average molecular weight is 657 g/mol. The van der Waals surface area contributed by atoms with Gasteiger partial charge in [-0.15, -0.1) is 11.3 Å². The Hall–Kier alpha value is -6.36. The Morgan fingerprint density at radius 3 is 1.82 bits per heavy atom. The smallest absolute Gasteiger partial charge is 0.160 e. The van der Waals surface area contributed by atoms with Crippen LogP contribution in [0.2, 0.25) is 0 Å². The molecule has 0 radical (unpaired) electrons. The summed E-state index contributed by atoms with van der Waals surface area (Å²) >= 11 is 1.84. The largest absolute Gasteiger partial charge is 0.455 e. The SMILES string of the molecule is c1ccc(-c2ccc(-c3nc(-c4ccccc4)cc(-c4ccc(-c5ccc6sc7ccccc7c6c5)c5c4oc4ccccc45)n3)cc2)cc1. The molecule has 0 aliphatic carbocycles. The van der Waals surface area contributed by atoms with Crippen molar-refractivity contribution in [3.05, 3.63) is 170 Å². The van der Waals surface area contributed by atoms with Crippen molar-refractivity contribution in [1.82, 2.24) is 9.97 Å². The summed E-state index contributed by atoms with van der Waals surface area (Å²) in [5, 5.41) is 4.74. The lowest BCUT2D eigenvalue weighted by Crippen LogP contribution is -1.96. The van der Waals surface area contributed by atoms with Crippen molar-refractivity contribution in [2.45, 2.75) is 0 Å². The number of hydrogen-bond acceptors (Lipinski definition) is 4. The highest BCUT2D eigenvalue weighted by Gasteiger charge is 2.20. The minimum atomic E-state index is 0.670. The molecule has 0 saturated carbocycles. The maximum absolute atomic E-state index is 6.74. The van der Waals surface area contributed by atoms with Gasteiger partial charge in [0, 0.05) is 47.6 Å². The molecule has 3 nitrogen and oxygen atoms in total. The van der Waals surface area contributed by atoms with E-state index in [9.17, 15) is 0 Å². The minimum Gasteiger partial charge on any atom is -0.455 e. The number of fused-ring (bicyclic) bond motifs is 6. The third-order valence-electron chi connectivity index (χ3n) is 9.54. The third-order valence-corrected chi connectivity index (χ3v) is 10.7. The van der Waals surface area contributed by atoms with Gasteiger partial charge in [0.25, 0.3) is 0 Å². The van der Waals surface area contributed by atoms with E-state index in [1.54, 1.807) is 0 Å². The van der Waals surface area contributed by atoms with Crippen LogP contribution in [0.3, 0.4) is 0 Å². The number of aromatic nitrogens is 2. The first kappa shape index (κ1) is 28.6. The predicted molar refractivity (Wildman–Crippen MR) is 209 cm³/mol. The highest BCUT2D eigenvalue weighted by Crippen LogP contribution is 2.44. The molecule has 0 aliphatic heterocycles. The van der Waals surface area contributed by atoms with Crippen molar-refractivity contribution < 1.29 is 4.42 Å². The number of thiophene rings is 1. The van der Waals surface area contributed by atoms with Crippen LogP contribution >= 0.6 is 11.3 Å². The van der Waals surface area contributed by atoms with Gasteiger partial charge >= 0.3 is 0 Å². The third kappa shape index (κ3) is 4.80. The average Bonchev–Trinajstić information content (AvgIpc) is 3.77. The fourth-order valence-corrected chi connectivity index (χ4v) is 8.16. The van der Waals surface area contributed by atoms with Crippen molar-refractivity contribution in [3.63, 3.8) is 0 Å². The molecule has 0 saturated heterocycles. The van der Waals surface area contributed by atoms with E-state index in [0.29, 0.717) is 5.82 Å². The Bertz CT molecular complexity index is 2850. The fourth-order valence-electron chi connectivity index (χ4n) is 7.08. The van der Waals surface area contributed by atoms with Crippen LogP contribution in [0, 0.1) is 0 Å². The first-order chi connectivity index (χ1) is 24.8. The number of nitrogens with zero attached hydrogens (tertiary/aromatic N) is 2. The number of furan rings is 1. The van der Waals surface area contributed by atoms with Gasteiger partial charge in [0.05, 0.1) is 11.4 Å². The van der Waals surface area contributed by atoms with E-state index in [1.165, 1.54) is 25.7 Å². The maximum Gasteiger partial charge on any atom is 0.160 e. The number of para-hydroxylation sites is 1. The number of benzene rings is 7. The van der Waals surface area contributed by atoms with Gasteiger partial charge in [-0.2, -0.15) is 0 Å². The van der Waals surface area contributed by atoms with Gasteiger partial charge in [-0.3, -0.25) is 0 Å². The molecule has 0 bridgehead atoms. The fraction of sp³-hybridized carbons (Fsp3) is 0. The van der Waals surface area contributed by atoms with Crippen LogP contribution in [-0.4, -0.2) is 9.97 Å². The summed E-state index contributed by atoms with van der Waals surface area (Å²) in [4.78, 5) is 10.3. The highest BCUT2D eigenvalue weighted by atomic mass is 32.1. The Balaban J connectivity index is 1.18. The molecule has 4 heteroatoms. The molecule has 0 unspecified atom stereocenters. The molecule has 234 valence electrons. The molecule has 10 rings (SSSR count). The zero-order chi connectivity index (χ0) is 33.0. The summed E-state index contributed by atoms with van der Waals surface area (Å²) in [6.45, 7) is 0. The summed E-state index contributed by atoms with van der Waals surface area (Å²) in [5.41, 5.74) is 10.9. The van der Waals surface area contributed by atoms with Crippen molar-refractivity contribution in [2.75, 3.05) is 0 Å². The molecule has 3 aromatic heterocycles. The lowest BCUT2D eigenvalue weighted by Gasteiger charge is -2.12. The van der Waals surface area contributed by atoms with Crippen LogP contribution in [-0.2, 0) is 0 Å². The van der Waals surface area contributed by atoms with Gasteiger partial charge in [0.15, 0.2) is 5.82 Å². The van der Waals surface area contributed by atoms with Crippen LogP contribution in [0.4, 0.5) is 0 Å². The van der Waals surface area contributed by atoms with Gasteiger partial charge in [-0.1, -0.05) is 133 Å². The lowest BCUT2D eigenvalue weighted by atomic mass is 9.95. The first-order valence-corrected chi connectivity index (χ1v) is 17.6. The van der Waals surface area contributed by atoms with E-state index in [0.717, 1.165) is 66.7 Å². The van der Waals surface area contributed by atoms with Crippen LogP contribution in [0.15, 0.2) is 174 Å². The molecule has 10 aromatic rings. The van der Waals surface area contributed by atoms with Gasteiger partial charge in [0.1, 0.15) is 11.2 Å². The van der Waals surface area contributed by atoms with Crippen molar-refractivity contribution in [2.24, 2.45) is 0 Å². The van der Waals surface area contributed by atoms with Gasteiger partial charge in [-0.25, -0.2) is 9.97 Å². The van der Waals surface area contributed by atoms with Gasteiger partial charge < -0.3 is 4.42 Å². The molecule has 0 fully saturated rings. The minimum absolute atomic E-state index is 0.670. The molecule has 0 atom stereocenters. The normalized spacial score (nSPS) is 11.6.